The molecule has 0 bridgehead atoms. The number of rotatable bonds is 2. The minimum absolute atomic E-state index is 0.334. The van der Waals surface area contributed by atoms with E-state index in [1.54, 1.807) is 5.56 Å². The minimum Gasteiger partial charge on any atom is -0.328 e. The highest BCUT2D eigenvalue weighted by Crippen LogP contribution is 2.39. The van der Waals surface area contributed by atoms with Gasteiger partial charge in [0.25, 0.3) is 0 Å². The lowest BCUT2D eigenvalue weighted by Crippen LogP contribution is -2.31. The van der Waals surface area contributed by atoms with E-state index in [1.165, 1.54) is 42.4 Å². The summed E-state index contributed by atoms with van der Waals surface area (Å²) in [7, 11) is 0. The highest BCUT2D eigenvalue weighted by atomic mass is 79.9. The van der Waals surface area contributed by atoms with Gasteiger partial charge in [0.05, 0.1) is 0 Å². The Kier molecular flexibility index (Phi) is 3.48. The second-order valence-electron chi connectivity index (χ2n) is 5.80. The molecular weight excluding hydrogens is 288 g/mol. The number of aryl methyl sites for hydroxylation is 1. The number of nitrogens with two attached hydrogens (primary N) is 1. The maximum atomic E-state index is 6.04. The van der Waals surface area contributed by atoms with E-state index in [0.29, 0.717) is 18.0 Å². The lowest BCUT2D eigenvalue weighted by atomic mass is 10.0. The summed E-state index contributed by atoms with van der Waals surface area (Å²) in [6.07, 6.45) is 3.76. The Hall–Kier alpha value is -0.380. The number of halogens is 1. The van der Waals surface area contributed by atoms with Crippen LogP contribution in [0.25, 0.3) is 0 Å². The maximum Gasteiger partial charge on any atom is 0.0354 e. The van der Waals surface area contributed by atoms with Crippen molar-refractivity contribution in [3.05, 3.63) is 33.8 Å². The van der Waals surface area contributed by atoms with Crippen molar-refractivity contribution < 1.29 is 0 Å². The summed E-state index contributed by atoms with van der Waals surface area (Å²) in [6.45, 7) is 4.54. The van der Waals surface area contributed by atoms with Crippen molar-refractivity contribution in [3.63, 3.8) is 0 Å². The number of fused-ring (bicyclic) bond motifs is 1. The summed E-state index contributed by atoms with van der Waals surface area (Å²) >= 11 is 3.57. The zero-order chi connectivity index (χ0) is 12.7. The van der Waals surface area contributed by atoms with Crippen LogP contribution in [0.4, 0.5) is 0 Å². The van der Waals surface area contributed by atoms with E-state index in [9.17, 15) is 0 Å². The Balaban J connectivity index is 1.77. The molecule has 1 saturated heterocycles. The molecule has 98 valence electrons. The Morgan fingerprint density at radius 3 is 2.94 bits per heavy atom. The van der Waals surface area contributed by atoms with Gasteiger partial charge in [0, 0.05) is 23.1 Å². The van der Waals surface area contributed by atoms with Gasteiger partial charge >= 0.3 is 0 Å². The number of hydrogen-bond acceptors (Lipinski definition) is 2. The van der Waals surface area contributed by atoms with Crippen molar-refractivity contribution >= 4 is 15.9 Å². The van der Waals surface area contributed by atoms with Gasteiger partial charge in [-0.2, -0.15) is 0 Å². The Bertz CT molecular complexity index is 444. The monoisotopic (exact) mass is 308 g/mol. The Labute approximate surface area is 118 Å². The molecule has 1 aromatic carbocycles. The molecule has 1 aliphatic carbocycles. The van der Waals surface area contributed by atoms with Crippen LogP contribution in [0.3, 0.4) is 0 Å². The first-order valence-electron chi connectivity index (χ1n) is 6.93. The van der Waals surface area contributed by atoms with E-state index in [2.05, 4.69) is 46.0 Å². The molecule has 2 nitrogen and oxygen atoms in total. The molecule has 3 rings (SSSR count). The van der Waals surface area contributed by atoms with Gasteiger partial charge in [-0.25, -0.2) is 0 Å². The topological polar surface area (TPSA) is 29.3 Å². The number of benzene rings is 1. The molecular formula is C15H21BrN2. The summed E-state index contributed by atoms with van der Waals surface area (Å²) in [4.78, 5) is 2.65. The van der Waals surface area contributed by atoms with E-state index in [-0.39, 0.29) is 0 Å². The van der Waals surface area contributed by atoms with Gasteiger partial charge in [0.1, 0.15) is 0 Å². The molecule has 0 amide bonds. The smallest absolute Gasteiger partial charge is 0.0354 e. The van der Waals surface area contributed by atoms with Crippen molar-refractivity contribution in [2.45, 2.75) is 38.3 Å². The molecule has 0 radical (unpaired) electrons. The first-order chi connectivity index (χ1) is 8.65. The van der Waals surface area contributed by atoms with Crippen LogP contribution in [0.5, 0.6) is 0 Å². The molecule has 3 atom stereocenters. The molecule has 1 heterocycles. The molecule has 1 aromatic rings. The van der Waals surface area contributed by atoms with Gasteiger partial charge in [-0.05, 0) is 61.9 Å². The predicted molar refractivity (Wildman–Crippen MR) is 78.5 cm³/mol. The van der Waals surface area contributed by atoms with E-state index in [1.807, 2.05) is 0 Å². The van der Waals surface area contributed by atoms with Gasteiger partial charge in [-0.1, -0.05) is 22.0 Å². The normalized spacial score (nSPS) is 29.5. The molecule has 3 heteroatoms. The van der Waals surface area contributed by atoms with Crippen molar-refractivity contribution in [1.82, 2.24) is 4.90 Å². The van der Waals surface area contributed by atoms with Crippen molar-refractivity contribution in [2.75, 3.05) is 13.1 Å². The summed E-state index contributed by atoms with van der Waals surface area (Å²) < 4.78 is 1.21. The molecule has 0 spiro atoms. The number of nitrogens with zero attached hydrogens (tertiary/aromatic N) is 1. The zero-order valence-electron chi connectivity index (χ0n) is 10.9. The van der Waals surface area contributed by atoms with E-state index < -0.39 is 0 Å². The fourth-order valence-electron chi connectivity index (χ4n) is 3.47. The average molecular weight is 309 g/mol. The van der Waals surface area contributed by atoms with Gasteiger partial charge in [-0.15, -0.1) is 0 Å². The van der Waals surface area contributed by atoms with Gasteiger partial charge < -0.3 is 5.73 Å². The van der Waals surface area contributed by atoms with Crippen LogP contribution in [0.1, 0.15) is 36.9 Å². The molecule has 2 N–H and O–H groups in total. The quantitative estimate of drug-likeness (QED) is 0.909. The van der Waals surface area contributed by atoms with E-state index in [0.717, 1.165) is 0 Å². The van der Waals surface area contributed by atoms with Gasteiger partial charge in [0.15, 0.2) is 0 Å². The summed E-state index contributed by atoms with van der Waals surface area (Å²) in [5.74, 6) is 0.685. The van der Waals surface area contributed by atoms with Gasteiger partial charge in [0.2, 0.25) is 0 Å². The van der Waals surface area contributed by atoms with Crippen LogP contribution in [-0.2, 0) is 6.42 Å². The van der Waals surface area contributed by atoms with Crippen LogP contribution in [0.15, 0.2) is 22.7 Å². The van der Waals surface area contributed by atoms with E-state index >= 15 is 0 Å². The third-order valence-corrected chi connectivity index (χ3v) is 5.08. The largest absolute Gasteiger partial charge is 0.328 e. The standard InChI is InChI=1S/C15H21BrN2/c1-10(17)12-6-7-18(9-12)15-5-2-11-8-13(16)3-4-14(11)15/h3-4,8,10,12,15H,2,5-7,9,17H2,1H3. The van der Waals surface area contributed by atoms with Gasteiger partial charge in [-0.3, -0.25) is 4.90 Å². The molecule has 3 unspecified atom stereocenters. The highest BCUT2D eigenvalue weighted by molar-refractivity contribution is 9.10. The summed E-state index contributed by atoms with van der Waals surface area (Å²) in [6, 6.07) is 7.73. The Morgan fingerprint density at radius 1 is 1.39 bits per heavy atom. The van der Waals surface area contributed by atoms with Crippen molar-refractivity contribution in [3.8, 4) is 0 Å². The fourth-order valence-corrected chi connectivity index (χ4v) is 3.88. The second-order valence-corrected chi connectivity index (χ2v) is 6.72. The van der Waals surface area contributed by atoms with Crippen LogP contribution in [0.2, 0.25) is 0 Å². The van der Waals surface area contributed by atoms with Crippen LogP contribution < -0.4 is 5.73 Å². The fraction of sp³-hybridized carbons (Fsp3) is 0.600. The third-order valence-electron chi connectivity index (χ3n) is 4.59. The summed E-state index contributed by atoms with van der Waals surface area (Å²) in [5.41, 5.74) is 9.11. The van der Waals surface area contributed by atoms with Crippen LogP contribution in [-0.4, -0.2) is 24.0 Å². The number of likely N-dealkylation sites (tertiary alicyclic amines) is 1. The first kappa shape index (κ1) is 12.6. The molecule has 0 aromatic heterocycles. The third kappa shape index (κ3) is 2.24. The molecule has 2 aliphatic rings. The van der Waals surface area contributed by atoms with Crippen molar-refractivity contribution in [1.29, 1.82) is 0 Å². The second kappa shape index (κ2) is 4.95. The SMILES string of the molecule is CC(N)C1CCN(C2CCc3cc(Br)ccc32)C1. The Morgan fingerprint density at radius 2 is 2.22 bits per heavy atom. The molecule has 1 fully saturated rings. The van der Waals surface area contributed by atoms with E-state index in [4.69, 9.17) is 5.73 Å². The molecule has 0 saturated carbocycles. The van der Waals surface area contributed by atoms with Crippen molar-refractivity contribution in [2.24, 2.45) is 11.7 Å². The average Bonchev–Trinajstić information content (AvgIpc) is 2.92. The predicted octanol–water partition coefficient (Wildman–Crippen LogP) is 3.11. The maximum absolute atomic E-state index is 6.04. The van der Waals surface area contributed by atoms with Crippen LogP contribution >= 0.6 is 15.9 Å². The highest BCUT2D eigenvalue weighted by Gasteiger charge is 2.34. The zero-order valence-corrected chi connectivity index (χ0v) is 12.5. The molecule has 1 aliphatic heterocycles. The lowest BCUT2D eigenvalue weighted by Gasteiger charge is -2.25. The lowest BCUT2D eigenvalue weighted by molar-refractivity contribution is 0.232. The summed E-state index contributed by atoms with van der Waals surface area (Å²) in [5, 5.41) is 0. The molecule has 18 heavy (non-hydrogen) atoms. The minimum atomic E-state index is 0.334. The van der Waals surface area contributed by atoms with Crippen LogP contribution in [0, 0.1) is 5.92 Å². The number of hydrogen-bond donors (Lipinski definition) is 1. The first-order valence-corrected chi connectivity index (χ1v) is 7.72.